The van der Waals surface area contributed by atoms with Gasteiger partial charge in [-0.05, 0) is 11.5 Å². The number of carbonyl (C=O) groups excluding carboxylic acids is 3. The van der Waals surface area contributed by atoms with E-state index < -0.39 is 24.5 Å². The molecule has 1 aromatic carbocycles. The Morgan fingerprint density at radius 1 is 1.20 bits per heavy atom. The van der Waals surface area contributed by atoms with E-state index >= 15 is 0 Å². The molecular weight excluding hydrogens is 260 g/mol. The molecule has 0 fully saturated rings. The number of hydrogen-bond donors (Lipinski definition) is 2. The van der Waals surface area contributed by atoms with E-state index in [1.807, 2.05) is 42.6 Å². The van der Waals surface area contributed by atoms with Crippen molar-refractivity contribution in [1.29, 1.82) is 0 Å². The summed E-state index contributed by atoms with van der Waals surface area (Å²) in [4.78, 5) is 33.7. The first-order valence-corrected chi connectivity index (χ1v) is 6.25. The molecule has 0 spiro atoms. The van der Waals surface area contributed by atoms with Crippen LogP contribution in [0.25, 0.3) is 0 Å². The second-order valence-corrected chi connectivity index (χ2v) is 4.30. The van der Waals surface area contributed by atoms with Crippen LogP contribution in [0.1, 0.15) is 24.8 Å². The maximum atomic E-state index is 11.6. The maximum absolute atomic E-state index is 11.6. The fraction of sp³-hybridized carbons (Fsp3) is 0.357. The minimum atomic E-state index is -0.662. The van der Waals surface area contributed by atoms with Gasteiger partial charge in [-0.2, -0.15) is 0 Å². The van der Waals surface area contributed by atoms with Crippen molar-refractivity contribution >= 4 is 17.9 Å². The van der Waals surface area contributed by atoms with Gasteiger partial charge in [0.05, 0.1) is 6.42 Å². The first kappa shape index (κ1) is 15.7. The van der Waals surface area contributed by atoms with Crippen molar-refractivity contribution < 1.29 is 19.1 Å². The van der Waals surface area contributed by atoms with Crippen LogP contribution in [0.3, 0.4) is 0 Å². The summed E-state index contributed by atoms with van der Waals surface area (Å²) >= 11 is 0. The van der Waals surface area contributed by atoms with Crippen molar-refractivity contribution in [1.82, 2.24) is 10.6 Å². The Morgan fingerprint density at radius 2 is 1.85 bits per heavy atom. The topological polar surface area (TPSA) is 84.5 Å². The number of nitrogens with one attached hydrogen (secondary N) is 2. The number of imide groups is 1. The van der Waals surface area contributed by atoms with Gasteiger partial charge in [0.25, 0.3) is 5.91 Å². The van der Waals surface area contributed by atoms with Gasteiger partial charge in [0.1, 0.15) is 0 Å². The van der Waals surface area contributed by atoms with E-state index in [4.69, 9.17) is 4.74 Å². The van der Waals surface area contributed by atoms with E-state index in [-0.39, 0.29) is 12.3 Å². The first-order valence-electron chi connectivity index (χ1n) is 6.25. The lowest BCUT2D eigenvalue weighted by Crippen LogP contribution is -2.39. The molecule has 108 valence electrons. The molecule has 2 N–H and O–H groups in total. The van der Waals surface area contributed by atoms with Crippen LogP contribution in [0.5, 0.6) is 0 Å². The Morgan fingerprint density at radius 3 is 2.45 bits per heavy atom. The Labute approximate surface area is 117 Å². The molecule has 6 nitrogen and oxygen atoms in total. The molecule has 0 unspecified atom stereocenters. The van der Waals surface area contributed by atoms with E-state index in [0.29, 0.717) is 0 Å². The van der Waals surface area contributed by atoms with Crippen LogP contribution in [0.15, 0.2) is 30.3 Å². The van der Waals surface area contributed by atoms with Crippen molar-refractivity contribution in [2.24, 2.45) is 0 Å². The summed E-state index contributed by atoms with van der Waals surface area (Å²) in [5.74, 6) is -1.14. The predicted octanol–water partition coefficient (Wildman–Crippen LogP) is 1.18. The van der Waals surface area contributed by atoms with E-state index in [1.54, 1.807) is 0 Å². The number of esters is 1. The van der Waals surface area contributed by atoms with E-state index in [2.05, 4.69) is 5.32 Å². The van der Waals surface area contributed by atoms with Gasteiger partial charge < -0.3 is 10.1 Å². The zero-order valence-corrected chi connectivity index (χ0v) is 11.5. The summed E-state index contributed by atoms with van der Waals surface area (Å²) in [6, 6.07) is 8.91. The van der Waals surface area contributed by atoms with E-state index in [9.17, 15) is 14.4 Å². The van der Waals surface area contributed by atoms with Crippen LogP contribution in [-0.4, -0.2) is 31.6 Å². The van der Waals surface area contributed by atoms with Gasteiger partial charge in [-0.15, -0.1) is 0 Å². The van der Waals surface area contributed by atoms with Crippen LogP contribution < -0.4 is 10.6 Å². The molecule has 0 saturated carbocycles. The maximum Gasteiger partial charge on any atom is 0.321 e. The molecule has 20 heavy (non-hydrogen) atoms. The minimum Gasteiger partial charge on any atom is -0.456 e. The van der Waals surface area contributed by atoms with E-state index in [1.165, 1.54) is 7.05 Å². The number of rotatable bonds is 5. The quantitative estimate of drug-likeness (QED) is 0.792. The summed E-state index contributed by atoms with van der Waals surface area (Å²) in [6.07, 6.45) is 0.178. The lowest BCUT2D eigenvalue weighted by molar-refractivity contribution is -0.148. The van der Waals surface area contributed by atoms with Crippen LogP contribution in [0, 0.1) is 0 Å². The van der Waals surface area contributed by atoms with Crippen molar-refractivity contribution in [2.45, 2.75) is 19.3 Å². The number of benzene rings is 1. The number of amides is 3. The zero-order chi connectivity index (χ0) is 15.0. The highest BCUT2D eigenvalue weighted by Gasteiger charge is 2.14. The molecule has 1 aromatic rings. The van der Waals surface area contributed by atoms with Crippen molar-refractivity contribution in [2.75, 3.05) is 13.7 Å². The van der Waals surface area contributed by atoms with Crippen LogP contribution in [0.2, 0.25) is 0 Å². The highest BCUT2D eigenvalue weighted by Crippen LogP contribution is 2.18. The van der Waals surface area contributed by atoms with Gasteiger partial charge in [0.2, 0.25) is 0 Å². The number of ether oxygens (including phenoxy) is 1. The first-order chi connectivity index (χ1) is 9.52. The van der Waals surface area contributed by atoms with Gasteiger partial charge >= 0.3 is 12.0 Å². The second kappa shape index (κ2) is 7.93. The zero-order valence-electron chi connectivity index (χ0n) is 11.5. The van der Waals surface area contributed by atoms with Gasteiger partial charge in [-0.25, -0.2) is 4.79 Å². The van der Waals surface area contributed by atoms with E-state index in [0.717, 1.165) is 5.56 Å². The molecule has 1 atom stereocenters. The third-order valence-electron chi connectivity index (χ3n) is 2.69. The van der Waals surface area contributed by atoms with Crippen LogP contribution in [0.4, 0.5) is 4.79 Å². The average Bonchev–Trinajstić information content (AvgIpc) is 2.45. The van der Waals surface area contributed by atoms with Gasteiger partial charge in [0.15, 0.2) is 6.61 Å². The standard InChI is InChI=1S/C14H18N2O4/c1-10(11-6-4-3-5-7-11)8-13(18)20-9-12(17)16-14(19)15-2/h3-7,10H,8-9H2,1-2H3,(H2,15,16,17,19)/t10-/m1/s1. The van der Waals surface area contributed by atoms with Gasteiger partial charge in [0, 0.05) is 7.05 Å². The Kier molecular flexibility index (Phi) is 6.22. The molecule has 0 aliphatic rings. The summed E-state index contributed by atoms with van der Waals surface area (Å²) in [6.45, 7) is 1.44. The third-order valence-corrected chi connectivity index (χ3v) is 2.69. The Bertz CT molecular complexity index is 473. The van der Waals surface area contributed by atoms with Crippen molar-refractivity contribution in [3.8, 4) is 0 Å². The largest absolute Gasteiger partial charge is 0.456 e. The molecule has 3 amide bonds. The molecule has 0 radical (unpaired) electrons. The molecule has 0 heterocycles. The SMILES string of the molecule is CNC(=O)NC(=O)COC(=O)C[C@@H](C)c1ccccc1. The highest BCUT2D eigenvalue weighted by atomic mass is 16.5. The number of urea groups is 1. The lowest BCUT2D eigenvalue weighted by Gasteiger charge is -2.11. The fourth-order valence-corrected chi connectivity index (χ4v) is 1.58. The number of carbonyl (C=O) groups is 3. The summed E-state index contributed by atoms with van der Waals surface area (Å²) in [5, 5.41) is 4.23. The van der Waals surface area contributed by atoms with Crippen molar-refractivity contribution in [3.63, 3.8) is 0 Å². The summed E-state index contributed by atoms with van der Waals surface area (Å²) < 4.78 is 4.81. The average molecular weight is 278 g/mol. The highest BCUT2D eigenvalue weighted by molar-refractivity contribution is 5.95. The molecule has 0 aliphatic carbocycles. The molecule has 6 heteroatoms. The molecule has 0 aliphatic heterocycles. The van der Waals surface area contributed by atoms with Crippen LogP contribution in [-0.2, 0) is 14.3 Å². The Hall–Kier alpha value is -2.37. The van der Waals surface area contributed by atoms with Crippen molar-refractivity contribution in [3.05, 3.63) is 35.9 Å². The number of hydrogen-bond acceptors (Lipinski definition) is 4. The molecule has 0 bridgehead atoms. The minimum absolute atomic E-state index is 0.00528. The van der Waals surface area contributed by atoms with Crippen LogP contribution >= 0.6 is 0 Å². The lowest BCUT2D eigenvalue weighted by atomic mass is 9.98. The monoisotopic (exact) mass is 278 g/mol. The molecule has 1 rings (SSSR count). The Balaban J connectivity index is 2.33. The molecule has 0 saturated heterocycles. The van der Waals surface area contributed by atoms with Gasteiger partial charge in [-0.1, -0.05) is 37.3 Å². The predicted molar refractivity (Wildman–Crippen MR) is 73.0 cm³/mol. The molecular formula is C14H18N2O4. The fourth-order valence-electron chi connectivity index (χ4n) is 1.58. The van der Waals surface area contributed by atoms with Gasteiger partial charge in [-0.3, -0.25) is 14.9 Å². The normalized spacial score (nSPS) is 11.3. The summed E-state index contributed by atoms with van der Waals surface area (Å²) in [7, 11) is 1.39. The smallest absolute Gasteiger partial charge is 0.321 e. The molecule has 0 aromatic heterocycles. The second-order valence-electron chi connectivity index (χ2n) is 4.30. The summed E-state index contributed by atoms with van der Waals surface area (Å²) in [5.41, 5.74) is 1.03. The third kappa shape index (κ3) is 5.51.